The SMILES string of the molecule is Cc1ccc(-c2nnc(-c3ccc(C(=O)N4CCC[C@H]5CCCC[C@H]54)cc3)o2)cc1. The molecule has 2 fully saturated rings. The molecule has 5 rings (SSSR count). The fourth-order valence-corrected chi connectivity index (χ4v) is 4.95. The predicted molar refractivity (Wildman–Crippen MR) is 116 cm³/mol. The molecule has 30 heavy (non-hydrogen) atoms. The molecule has 154 valence electrons. The summed E-state index contributed by atoms with van der Waals surface area (Å²) in [6, 6.07) is 16.0. The van der Waals surface area contributed by atoms with Gasteiger partial charge in [0.15, 0.2) is 0 Å². The average Bonchev–Trinajstić information content (AvgIpc) is 3.29. The third-order valence-corrected chi connectivity index (χ3v) is 6.61. The highest BCUT2D eigenvalue weighted by molar-refractivity contribution is 5.95. The van der Waals surface area contributed by atoms with E-state index in [1.54, 1.807) is 0 Å². The Bertz CT molecular complexity index is 1020. The molecular formula is C25H27N3O2. The van der Waals surface area contributed by atoms with Crippen molar-refractivity contribution in [1.82, 2.24) is 15.1 Å². The Labute approximate surface area is 177 Å². The number of carbonyl (C=O) groups is 1. The Morgan fingerprint density at radius 2 is 1.47 bits per heavy atom. The topological polar surface area (TPSA) is 59.2 Å². The van der Waals surface area contributed by atoms with Gasteiger partial charge in [-0.25, -0.2) is 0 Å². The number of rotatable bonds is 3. The highest BCUT2D eigenvalue weighted by atomic mass is 16.4. The Hall–Kier alpha value is -2.95. The second-order valence-electron chi connectivity index (χ2n) is 8.61. The minimum atomic E-state index is 0.157. The third-order valence-electron chi connectivity index (χ3n) is 6.61. The molecule has 2 aromatic carbocycles. The first-order valence-corrected chi connectivity index (χ1v) is 11.0. The lowest BCUT2D eigenvalue weighted by molar-refractivity contribution is 0.0390. The molecule has 0 N–H and O–H groups in total. The van der Waals surface area contributed by atoms with E-state index < -0.39 is 0 Å². The summed E-state index contributed by atoms with van der Waals surface area (Å²) in [5.41, 5.74) is 3.65. The molecule has 5 heteroatoms. The van der Waals surface area contributed by atoms with Crippen LogP contribution in [0.3, 0.4) is 0 Å². The van der Waals surface area contributed by atoms with Gasteiger partial charge in [-0.3, -0.25) is 4.79 Å². The molecular weight excluding hydrogens is 374 g/mol. The summed E-state index contributed by atoms with van der Waals surface area (Å²) in [6.45, 7) is 2.93. The van der Waals surface area contributed by atoms with Crippen LogP contribution >= 0.6 is 0 Å². The summed E-state index contributed by atoms with van der Waals surface area (Å²) in [7, 11) is 0. The van der Waals surface area contributed by atoms with Crippen LogP contribution in [-0.2, 0) is 0 Å². The summed E-state index contributed by atoms with van der Waals surface area (Å²) in [5.74, 6) is 1.81. The van der Waals surface area contributed by atoms with E-state index in [2.05, 4.69) is 15.1 Å². The molecule has 0 bridgehead atoms. The van der Waals surface area contributed by atoms with Gasteiger partial charge < -0.3 is 9.32 Å². The van der Waals surface area contributed by atoms with E-state index in [0.717, 1.165) is 36.1 Å². The molecule has 2 heterocycles. The minimum Gasteiger partial charge on any atom is -0.416 e. The standard InChI is InChI=1S/C25H27N3O2/c1-17-8-10-19(11-9-17)23-26-27-24(30-23)20-12-14-21(15-13-20)25(29)28-16-4-6-18-5-2-3-7-22(18)28/h8-15,18,22H,2-7,16H2,1H3/t18-,22-/m1/s1. The van der Waals surface area contributed by atoms with Crippen LogP contribution in [0.1, 0.15) is 54.4 Å². The Morgan fingerprint density at radius 1 is 0.867 bits per heavy atom. The molecule has 0 spiro atoms. The van der Waals surface area contributed by atoms with E-state index in [4.69, 9.17) is 4.42 Å². The third kappa shape index (κ3) is 3.64. The van der Waals surface area contributed by atoms with Gasteiger partial charge in [0.1, 0.15) is 0 Å². The number of piperidine rings is 1. The number of carbonyl (C=O) groups excluding carboxylic acids is 1. The number of amides is 1. The zero-order valence-corrected chi connectivity index (χ0v) is 17.4. The van der Waals surface area contributed by atoms with E-state index in [1.165, 1.54) is 31.2 Å². The lowest BCUT2D eigenvalue weighted by atomic mass is 9.78. The van der Waals surface area contributed by atoms with Gasteiger partial charge in [0.05, 0.1) is 0 Å². The number of likely N-dealkylation sites (tertiary alicyclic amines) is 1. The highest BCUT2D eigenvalue weighted by Crippen LogP contribution is 2.36. The van der Waals surface area contributed by atoms with Crippen molar-refractivity contribution in [3.8, 4) is 22.9 Å². The van der Waals surface area contributed by atoms with E-state index in [1.807, 2.05) is 55.5 Å². The second-order valence-corrected chi connectivity index (χ2v) is 8.61. The zero-order chi connectivity index (χ0) is 20.5. The van der Waals surface area contributed by atoms with Crippen LogP contribution in [0.4, 0.5) is 0 Å². The molecule has 1 aliphatic heterocycles. The van der Waals surface area contributed by atoms with Gasteiger partial charge in [-0.05, 0) is 74.9 Å². The fraction of sp³-hybridized carbons (Fsp3) is 0.400. The number of aryl methyl sites for hydroxylation is 1. The second kappa shape index (κ2) is 8.05. The molecule has 0 radical (unpaired) electrons. The van der Waals surface area contributed by atoms with Crippen molar-refractivity contribution in [3.63, 3.8) is 0 Å². The molecule has 2 aliphatic rings. The van der Waals surface area contributed by atoms with Gasteiger partial charge in [-0.15, -0.1) is 10.2 Å². The van der Waals surface area contributed by atoms with Crippen molar-refractivity contribution in [2.45, 2.75) is 51.5 Å². The molecule has 1 aliphatic carbocycles. The largest absolute Gasteiger partial charge is 0.416 e. The first kappa shape index (κ1) is 19.0. The first-order chi connectivity index (χ1) is 14.7. The van der Waals surface area contributed by atoms with Gasteiger partial charge >= 0.3 is 0 Å². The summed E-state index contributed by atoms with van der Waals surface area (Å²) in [6.07, 6.45) is 7.37. The number of aromatic nitrogens is 2. The number of fused-ring (bicyclic) bond motifs is 1. The zero-order valence-electron chi connectivity index (χ0n) is 17.4. The maximum Gasteiger partial charge on any atom is 0.254 e. The van der Waals surface area contributed by atoms with E-state index in [9.17, 15) is 4.79 Å². The minimum absolute atomic E-state index is 0.157. The van der Waals surface area contributed by atoms with Crippen LogP contribution in [0.15, 0.2) is 52.9 Å². The molecule has 5 nitrogen and oxygen atoms in total. The molecule has 1 saturated carbocycles. The molecule has 1 saturated heterocycles. The van der Waals surface area contributed by atoms with Gasteiger partial charge in [-0.1, -0.05) is 30.5 Å². The highest BCUT2D eigenvalue weighted by Gasteiger charge is 2.35. The van der Waals surface area contributed by atoms with Crippen molar-refractivity contribution >= 4 is 5.91 Å². The number of nitrogens with zero attached hydrogens (tertiary/aromatic N) is 3. The number of benzene rings is 2. The van der Waals surface area contributed by atoms with Crippen LogP contribution in [0.5, 0.6) is 0 Å². The number of hydrogen-bond donors (Lipinski definition) is 0. The smallest absolute Gasteiger partial charge is 0.254 e. The Kier molecular flexibility index (Phi) is 5.11. The van der Waals surface area contributed by atoms with Crippen molar-refractivity contribution < 1.29 is 9.21 Å². The van der Waals surface area contributed by atoms with Gasteiger partial charge in [0.25, 0.3) is 5.91 Å². The molecule has 2 atom stereocenters. The Morgan fingerprint density at radius 3 is 2.17 bits per heavy atom. The monoisotopic (exact) mass is 401 g/mol. The molecule has 1 aromatic heterocycles. The van der Waals surface area contributed by atoms with Crippen LogP contribution in [0.25, 0.3) is 22.9 Å². The molecule has 0 unspecified atom stereocenters. The quantitative estimate of drug-likeness (QED) is 0.581. The fourth-order valence-electron chi connectivity index (χ4n) is 4.95. The normalized spacial score (nSPS) is 21.3. The molecule has 3 aromatic rings. The van der Waals surface area contributed by atoms with Crippen LogP contribution < -0.4 is 0 Å². The van der Waals surface area contributed by atoms with E-state index in [-0.39, 0.29) is 5.91 Å². The van der Waals surface area contributed by atoms with Gasteiger partial charge in [0, 0.05) is 29.3 Å². The predicted octanol–water partition coefficient (Wildman–Crippen LogP) is 5.51. The Balaban J connectivity index is 1.33. The van der Waals surface area contributed by atoms with Crippen molar-refractivity contribution in [2.24, 2.45) is 5.92 Å². The first-order valence-electron chi connectivity index (χ1n) is 11.0. The maximum absolute atomic E-state index is 13.2. The van der Waals surface area contributed by atoms with Crippen LogP contribution in [-0.4, -0.2) is 33.6 Å². The van der Waals surface area contributed by atoms with Crippen LogP contribution in [0.2, 0.25) is 0 Å². The van der Waals surface area contributed by atoms with Gasteiger partial charge in [-0.2, -0.15) is 0 Å². The maximum atomic E-state index is 13.2. The van der Waals surface area contributed by atoms with E-state index >= 15 is 0 Å². The average molecular weight is 402 g/mol. The lowest BCUT2D eigenvalue weighted by Gasteiger charge is -2.44. The summed E-state index contributed by atoms with van der Waals surface area (Å²) in [5, 5.41) is 8.37. The lowest BCUT2D eigenvalue weighted by Crippen LogP contribution is -2.49. The molecule has 1 amide bonds. The van der Waals surface area contributed by atoms with E-state index in [0.29, 0.717) is 23.7 Å². The van der Waals surface area contributed by atoms with Gasteiger partial charge in [0.2, 0.25) is 11.8 Å². The number of hydrogen-bond acceptors (Lipinski definition) is 4. The summed E-state index contributed by atoms with van der Waals surface area (Å²) >= 11 is 0. The summed E-state index contributed by atoms with van der Waals surface area (Å²) < 4.78 is 5.87. The van der Waals surface area contributed by atoms with Crippen molar-refractivity contribution in [3.05, 3.63) is 59.7 Å². The summed E-state index contributed by atoms with van der Waals surface area (Å²) in [4.78, 5) is 15.3. The van der Waals surface area contributed by atoms with Crippen molar-refractivity contribution in [2.75, 3.05) is 6.54 Å². The van der Waals surface area contributed by atoms with Crippen molar-refractivity contribution in [1.29, 1.82) is 0 Å². The van der Waals surface area contributed by atoms with Crippen LogP contribution in [0, 0.1) is 12.8 Å².